The number of aliphatic hydroxyl groups is 2. The molecule has 0 aromatic heterocycles. The number of rotatable bonds is 2. The van der Waals surface area contributed by atoms with Crippen LogP contribution in [0.15, 0.2) is 0 Å². The highest BCUT2D eigenvalue weighted by Crippen LogP contribution is 2.46. The maximum Gasteiger partial charge on any atom is 0.417 e. The molecular weight excluding hydrogens is 233 g/mol. The van der Waals surface area contributed by atoms with E-state index in [0.717, 1.165) is 6.92 Å². The van der Waals surface area contributed by atoms with Crippen molar-refractivity contribution in [1.29, 1.82) is 0 Å². The lowest BCUT2D eigenvalue weighted by molar-refractivity contribution is -0.277. The minimum Gasteiger partial charge on any atom is -0.390 e. The summed E-state index contributed by atoms with van der Waals surface area (Å²) in [5, 5.41) is 19.5. The summed E-state index contributed by atoms with van der Waals surface area (Å²) in [6, 6.07) is 0. The molecule has 0 amide bonds. The van der Waals surface area contributed by atoms with Crippen LogP contribution in [0.3, 0.4) is 0 Å². The maximum atomic E-state index is 12.7. The molecule has 17 heavy (non-hydrogen) atoms. The lowest BCUT2D eigenvalue weighted by Gasteiger charge is -2.42. The fourth-order valence-corrected chi connectivity index (χ4v) is 2.57. The topological polar surface area (TPSA) is 40.5 Å². The number of alkyl halides is 3. The smallest absolute Gasteiger partial charge is 0.390 e. The Kier molecular flexibility index (Phi) is 3.85. The van der Waals surface area contributed by atoms with Crippen molar-refractivity contribution in [2.75, 3.05) is 0 Å². The predicted octanol–water partition coefficient (Wildman–Crippen LogP) is 2.88. The van der Waals surface area contributed by atoms with Gasteiger partial charge in [0.15, 0.2) is 5.60 Å². The van der Waals surface area contributed by atoms with Crippen molar-refractivity contribution in [3.05, 3.63) is 0 Å². The van der Waals surface area contributed by atoms with E-state index in [4.69, 9.17) is 0 Å². The third-order valence-corrected chi connectivity index (χ3v) is 4.04. The van der Waals surface area contributed by atoms with E-state index in [1.165, 1.54) is 0 Å². The third kappa shape index (κ3) is 3.13. The fraction of sp³-hybridized carbons (Fsp3) is 1.00. The van der Waals surface area contributed by atoms with Gasteiger partial charge in [0, 0.05) is 0 Å². The van der Waals surface area contributed by atoms with Gasteiger partial charge in [-0.05, 0) is 51.9 Å². The highest BCUT2D eigenvalue weighted by molar-refractivity contribution is 4.94. The van der Waals surface area contributed by atoms with E-state index in [0.29, 0.717) is 19.3 Å². The van der Waals surface area contributed by atoms with Crippen LogP contribution in [0.25, 0.3) is 0 Å². The predicted molar refractivity (Wildman–Crippen MR) is 58.4 cm³/mol. The summed E-state index contributed by atoms with van der Waals surface area (Å²) in [4.78, 5) is 0. The first-order chi connectivity index (χ1) is 7.46. The summed E-state index contributed by atoms with van der Waals surface area (Å²) in [6.45, 7) is 4.06. The lowest BCUT2D eigenvalue weighted by atomic mass is 9.69. The molecule has 5 heteroatoms. The van der Waals surface area contributed by atoms with Gasteiger partial charge in [-0.15, -0.1) is 0 Å². The second-order valence-electron chi connectivity index (χ2n) is 5.86. The van der Waals surface area contributed by atoms with E-state index in [9.17, 15) is 23.4 Å². The summed E-state index contributed by atoms with van der Waals surface area (Å²) in [5.41, 5.74) is -3.64. The molecule has 0 bridgehead atoms. The standard InChI is InChI=1S/C12H21F3O2/c1-10(2,16)8-5-4-6-9(7-8)11(3,17)12(13,14)15/h8-9,16-17H,4-7H2,1-3H3. The van der Waals surface area contributed by atoms with Crippen molar-refractivity contribution < 1.29 is 23.4 Å². The minimum atomic E-state index is -4.61. The second-order valence-corrected chi connectivity index (χ2v) is 5.86. The number of hydrogen-bond donors (Lipinski definition) is 2. The van der Waals surface area contributed by atoms with Crippen LogP contribution >= 0.6 is 0 Å². The quantitative estimate of drug-likeness (QED) is 0.795. The Bertz CT molecular complexity index is 266. The molecule has 1 fully saturated rings. The van der Waals surface area contributed by atoms with E-state index in [-0.39, 0.29) is 12.3 Å². The van der Waals surface area contributed by atoms with Gasteiger partial charge in [-0.2, -0.15) is 13.2 Å². The van der Waals surface area contributed by atoms with Crippen LogP contribution in [0, 0.1) is 11.8 Å². The molecule has 1 rings (SSSR count). The Morgan fingerprint density at radius 1 is 0.941 bits per heavy atom. The Balaban J connectivity index is 2.80. The summed E-state index contributed by atoms with van der Waals surface area (Å²) < 4.78 is 38.2. The minimum absolute atomic E-state index is 0.185. The molecule has 2 nitrogen and oxygen atoms in total. The van der Waals surface area contributed by atoms with Crippen LogP contribution in [0.4, 0.5) is 13.2 Å². The van der Waals surface area contributed by atoms with Gasteiger partial charge in [-0.3, -0.25) is 0 Å². The van der Waals surface area contributed by atoms with Gasteiger partial charge in [-0.1, -0.05) is 6.42 Å². The van der Waals surface area contributed by atoms with E-state index < -0.39 is 23.3 Å². The first-order valence-electron chi connectivity index (χ1n) is 5.97. The Morgan fingerprint density at radius 2 is 1.41 bits per heavy atom. The highest BCUT2D eigenvalue weighted by atomic mass is 19.4. The molecule has 3 atom stereocenters. The van der Waals surface area contributed by atoms with Gasteiger partial charge in [0.25, 0.3) is 0 Å². The van der Waals surface area contributed by atoms with E-state index in [1.54, 1.807) is 13.8 Å². The fourth-order valence-electron chi connectivity index (χ4n) is 2.57. The Labute approximate surface area is 99.8 Å². The van der Waals surface area contributed by atoms with Gasteiger partial charge in [0.05, 0.1) is 5.60 Å². The number of hydrogen-bond acceptors (Lipinski definition) is 2. The molecule has 0 aromatic rings. The largest absolute Gasteiger partial charge is 0.417 e. The lowest BCUT2D eigenvalue weighted by Crippen LogP contribution is -2.51. The van der Waals surface area contributed by atoms with Crippen LogP contribution in [0.1, 0.15) is 46.5 Å². The van der Waals surface area contributed by atoms with E-state index in [2.05, 4.69) is 0 Å². The molecule has 0 radical (unpaired) electrons. The van der Waals surface area contributed by atoms with Gasteiger partial charge < -0.3 is 10.2 Å². The first-order valence-corrected chi connectivity index (χ1v) is 5.97. The molecule has 0 aromatic carbocycles. The van der Waals surface area contributed by atoms with Crippen molar-refractivity contribution in [2.45, 2.75) is 63.8 Å². The van der Waals surface area contributed by atoms with Crippen LogP contribution < -0.4 is 0 Å². The molecule has 0 heterocycles. The summed E-state index contributed by atoms with van der Waals surface area (Å²) in [5.74, 6) is -1.01. The molecule has 1 saturated carbocycles. The van der Waals surface area contributed by atoms with Gasteiger partial charge in [0.2, 0.25) is 0 Å². The SMILES string of the molecule is CC(C)(O)C1CCCC(C(C)(O)C(F)(F)F)C1. The van der Waals surface area contributed by atoms with Crippen LogP contribution in [-0.4, -0.2) is 27.6 Å². The van der Waals surface area contributed by atoms with Crippen LogP contribution in [-0.2, 0) is 0 Å². The van der Waals surface area contributed by atoms with Crippen molar-refractivity contribution >= 4 is 0 Å². The average molecular weight is 254 g/mol. The van der Waals surface area contributed by atoms with Crippen molar-refractivity contribution in [1.82, 2.24) is 0 Å². The number of halogens is 3. The summed E-state index contributed by atoms with van der Waals surface area (Å²) in [6.07, 6.45) is -2.70. The maximum absolute atomic E-state index is 12.7. The molecule has 0 spiro atoms. The molecule has 1 aliphatic carbocycles. The summed E-state index contributed by atoms with van der Waals surface area (Å²) >= 11 is 0. The van der Waals surface area contributed by atoms with E-state index in [1.807, 2.05) is 0 Å². The van der Waals surface area contributed by atoms with Crippen molar-refractivity contribution in [3.8, 4) is 0 Å². The first kappa shape index (κ1) is 14.8. The van der Waals surface area contributed by atoms with Gasteiger partial charge >= 0.3 is 6.18 Å². The monoisotopic (exact) mass is 254 g/mol. The molecule has 2 N–H and O–H groups in total. The zero-order chi connectivity index (χ0) is 13.5. The third-order valence-electron chi connectivity index (χ3n) is 4.04. The van der Waals surface area contributed by atoms with Crippen molar-refractivity contribution in [3.63, 3.8) is 0 Å². The molecule has 1 aliphatic rings. The molecular formula is C12H21F3O2. The van der Waals surface area contributed by atoms with E-state index >= 15 is 0 Å². The van der Waals surface area contributed by atoms with Gasteiger partial charge in [-0.25, -0.2) is 0 Å². The molecule has 3 unspecified atom stereocenters. The Hall–Kier alpha value is -0.290. The van der Waals surface area contributed by atoms with Gasteiger partial charge in [0.1, 0.15) is 0 Å². The average Bonchev–Trinajstić information content (AvgIpc) is 2.15. The zero-order valence-electron chi connectivity index (χ0n) is 10.5. The normalized spacial score (nSPS) is 31.1. The Morgan fingerprint density at radius 3 is 1.82 bits per heavy atom. The van der Waals surface area contributed by atoms with Crippen LogP contribution in [0.2, 0.25) is 0 Å². The highest BCUT2D eigenvalue weighted by Gasteiger charge is 2.55. The molecule has 0 aliphatic heterocycles. The zero-order valence-corrected chi connectivity index (χ0v) is 10.5. The molecule has 0 saturated heterocycles. The van der Waals surface area contributed by atoms with Crippen LogP contribution in [0.5, 0.6) is 0 Å². The second kappa shape index (κ2) is 4.43. The molecule has 102 valence electrons. The van der Waals surface area contributed by atoms with Crippen molar-refractivity contribution in [2.24, 2.45) is 11.8 Å². The summed E-state index contributed by atoms with van der Waals surface area (Å²) in [7, 11) is 0.